The molecule has 0 spiro atoms. The van der Waals surface area contributed by atoms with Gasteiger partial charge < -0.3 is 15.2 Å². The van der Waals surface area contributed by atoms with Crippen LogP contribution < -0.4 is 5.73 Å². The maximum absolute atomic E-state index is 13.6. The summed E-state index contributed by atoms with van der Waals surface area (Å²) in [6, 6.07) is 22.3. The van der Waals surface area contributed by atoms with Gasteiger partial charge in [0.05, 0.1) is 30.0 Å². The van der Waals surface area contributed by atoms with Crippen molar-refractivity contribution in [1.29, 1.82) is 0 Å². The third kappa shape index (κ3) is 4.64. The highest BCUT2D eigenvalue weighted by atomic mass is 16.5. The number of nitrogen functional groups attached to an aromatic ring is 1. The second-order valence-corrected chi connectivity index (χ2v) is 7.70. The van der Waals surface area contributed by atoms with E-state index >= 15 is 0 Å². The van der Waals surface area contributed by atoms with Crippen LogP contribution in [0.15, 0.2) is 85.2 Å². The lowest BCUT2D eigenvalue weighted by Gasteiger charge is -2.24. The Labute approximate surface area is 204 Å². The summed E-state index contributed by atoms with van der Waals surface area (Å²) in [4.78, 5) is 31.2. The molecule has 0 aliphatic heterocycles. The molecular weight excluding hydrogens is 440 g/mol. The minimum atomic E-state index is -0.612. The molecule has 0 fully saturated rings. The van der Waals surface area contributed by atoms with Crippen LogP contribution in [0.1, 0.15) is 34.6 Å². The highest BCUT2D eigenvalue weighted by molar-refractivity contribution is 6.18. The van der Waals surface area contributed by atoms with E-state index < -0.39 is 11.9 Å². The third-order valence-corrected chi connectivity index (χ3v) is 5.57. The van der Waals surface area contributed by atoms with Crippen molar-refractivity contribution in [1.82, 2.24) is 4.98 Å². The van der Waals surface area contributed by atoms with Gasteiger partial charge in [0.25, 0.3) is 0 Å². The fourth-order valence-corrected chi connectivity index (χ4v) is 4.19. The van der Waals surface area contributed by atoms with E-state index in [0.29, 0.717) is 27.8 Å². The summed E-state index contributed by atoms with van der Waals surface area (Å²) in [5, 5.41) is 0. The number of nitrogens with two attached hydrogens (primary N) is 1. The lowest BCUT2D eigenvalue weighted by Crippen LogP contribution is -2.18. The Kier molecular flexibility index (Phi) is 7.21. The minimum absolute atomic E-state index is 0.125. The molecule has 0 amide bonds. The predicted molar refractivity (Wildman–Crippen MR) is 137 cm³/mol. The van der Waals surface area contributed by atoms with Crippen LogP contribution in [0.5, 0.6) is 0 Å². The molecule has 6 heteroatoms. The van der Waals surface area contributed by atoms with Gasteiger partial charge in [0.15, 0.2) is 0 Å². The largest absolute Gasteiger partial charge is 0.462 e. The highest BCUT2D eigenvalue weighted by Gasteiger charge is 2.32. The Bertz CT molecular complexity index is 1340. The van der Waals surface area contributed by atoms with Crippen molar-refractivity contribution >= 4 is 17.6 Å². The molecule has 35 heavy (non-hydrogen) atoms. The van der Waals surface area contributed by atoms with E-state index in [-0.39, 0.29) is 30.0 Å². The molecule has 0 saturated heterocycles. The third-order valence-electron chi connectivity index (χ3n) is 5.57. The van der Waals surface area contributed by atoms with Crippen molar-refractivity contribution in [3.63, 3.8) is 0 Å². The summed E-state index contributed by atoms with van der Waals surface area (Å²) in [6.07, 6.45) is 3.31. The first-order chi connectivity index (χ1) is 17.1. The average Bonchev–Trinajstić information content (AvgIpc) is 2.89. The number of carbonyl (C=O) groups excluding carboxylic acids is 2. The second-order valence-electron chi connectivity index (χ2n) is 7.70. The fourth-order valence-electron chi connectivity index (χ4n) is 4.19. The highest BCUT2D eigenvalue weighted by Crippen LogP contribution is 2.47. The number of ether oxygens (including phenoxy) is 2. The van der Waals surface area contributed by atoms with Crippen LogP contribution >= 0.6 is 0 Å². The number of rotatable bonds is 7. The van der Waals surface area contributed by atoms with Gasteiger partial charge >= 0.3 is 11.9 Å². The molecule has 0 bridgehead atoms. The van der Waals surface area contributed by atoms with Gasteiger partial charge in [-0.25, -0.2) is 9.59 Å². The number of esters is 2. The van der Waals surface area contributed by atoms with Crippen molar-refractivity contribution in [2.45, 2.75) is 13.8 Å². The van der Waals surface area contributed by atoms with Gasteiger partial charge in [-0.2, -0.15) is 0 Å². The van der Waals surface area contributed by atoms with Crippen LogP contribution in [0.4, 0.5) is 5.69 Å². The number of nitrogens with zero attached hydrogens (tertiary/aromatic N) is 1. The average molecular weight is 467 g/mol. The second kappa shape index (κ2) is 10.7. The van der Waals surface area contributed by atoms with Gasteiger partial charge in [0.2, 0.25) is 0 Å². The molecule has 6 nitrogen and oxygen atoms in total. The van der Waals surface area contributed by atoms with Gasteiger partial charge in [-0.05, 0) is 31.0 Å². The van der Waals surface area contributed by atoms with E-state index in [9.17, 15) is 9.59 Å². The molecule has 3 aromatic carbocycles. The standard InChI is InChI=1S/C29H26N2O4/c1-3-34-28(32)25-22(19-12-7-5-8-13-19)24(21-16-11-17-31-18-21)27(30)26(29(33)35-4-2)23(25)20-14-9-6-10-15-20/h5-18H,3-4,30H2,1-2H3. The first kappa shape index (κ1) is 23.7. The lowest BCUT2D eigenvalue weighted by atomic mass is 9.81. The molecule has 0 radical (unpaired) electrons. The number of carbonyl (C=O) groups is 2. The van der Waals surface area contributed by atoms with E-state index in [1.165, 1.54) is 0 Å². The first-order valence-electron chi connectivity index (χ1n) is 11.4. The summed E-state index contributed by atoms with van der Waals surface area (Å²) in [5.74, 6) is -1.17. The van der Waals surface area contributed by atoms with Crippen LogP contribution in [-0.4, -0.2) is 30.1 Å². The molecular formula is C29H26N2O4. The predicted octanol–water partition coefficient (Wildman–Crippen LogP) is 6.02. The molecule has 0 aliphatic carbocycles. The molecule has 0 atom stereocenters. The van der Waals surface area contributed by atoms with Crippen LogP contribution in [-0.2, 0) is 9.47 Å². The van der Waals surface area contributed by atoms with E-state index in [0.717, 1.165) is 5.56 Å². The molecule has 0 unspecified atom stereocenters. The maximum Gasteiger partial charge on any atom is 0.340 e. The quantitative estimate of drug-likeness (QED) is 0.265. The van der Waals surface area contributed by atoms with Gasteiger partial charge in [-0.1, -0.05) is 66.7 Å². The minimum Gasteiger partial charge on any atom is -0.462 e. The van der Waals surface area contributed by atoms with E-state index in [2.05, 4.69) is 4.98 Å². The first-order valence-corrected chi connectivity index (χ1v) is 11.4. The number of hydrogen-bond acceptors (Lipinski definition) is 6. The number of aromatic nitrogens is 1. The van der Waals surface area contributed by atoms with Crippen LogP contribution in [0, 0.1) is 0 Å². The summed E-state index contributed by atoms with van der Waals surface area (Å²) in [7, 11) is 0. The molecule has 1 heterocycles. The Morgan fingerprint density at radius 2 is 1.20 bits per heavy atom. The zero-order valence-electron chi connectivity index (χ0n) is 19.7. The number of benzene rings is 3. The van der Waals surface area contributed by atoms with Gasteiger partial charge in [-0.3, -0.25) is 4.98 Å². The lowest BCUT2D eigenvalue weighted by molar-refractivity contribution is 0.0528. The normalized spacial score (nSPS) is 10.6. The van der Waals surface area contributed by atoms with Gasteiger partial charge in [0.1, 0.15) is 0 Å². The summed E-state index contributed by atoms with van der Waals surface area (Å²) < 4.78 is 10.9. The van der Waals surface area contributed by atoms with Crippen LogP contribution in [0.2, 0.25) is 0 Å². The van der Waals surface area contributed by atoms with Crippen molar-refractivity contribution in [2.75, 3.05) is 18.9 Å². The maximum atomic E-state index is 13.6. The van der Waals surface area contributed by atoms with Crippen molar-refractivity contribution in [3.05, 3.63) is 96.3 Å². The van der Waals surface area contributed by atoms with E-state index in [1.54, 1.807) is 32.3 Å². The molecule has 2 N–H and O–H groups in total. The van der Waals surface area contributed by atoms with Crippen molar-refractivity contribution in [3.8, 4) is 33.4 Å². The van der Waals surface area contributed by atoms with Crippen molar-refractivity contribution < 1.29 is 19.1 Å². The molecule has 0 aliphatic rings. The molecule has 176 valence electrons. The SMILES string of the molecule is CCOC(=O)c1c(N)c(-c2cccnc2)c(-c2ccccc2)c(C(=O)OCC)c1-c1ccccc1. The smallest absolute Gasteiger partial charge is 0.340 e. The number of anilines is 1. The Morgan fingerprint density at radius 1 is 0.686 bits per heavy atom. The Morgan fingerprint density at radius 3 is 1.71 bits per heavy atom. The molecule has 4 rings (SSSR count). The monoisotopic (exact) mass is 466 g/mol. The Balaban J connectivity index is 2.26. The van der Waals surface area contributed by atoms with Gasteiger partial charge in [-0.15, -0.1) is 0 Å². The zero-order chi connectivity index (χ0) is 24.8. The topological polar surface area (TPSA) is 91.5 Å². The van der Waals surface area contributed by atoms with Crippen LogP contribution in [0.3, 0.4) is 0 Å². The van der Waals surface area contributed by atoms with E-state index in [4.69, 9.17) is 15.2 Å². The molecule has 1 aromatic heterocycles. The number of hydrogen-bond donors (Lipinski definition) is 1. The summed E-state index contributed by atoms with van der Waals surface area (Å²) in [6.45, 7) is 3.79. The summed E-state index contributed by atoms with van der Waals surface area (Å²) in [5.41, 5.74) is 10.9. The van der Waals surface area contributed by atoms with E-state index in [1.807, 2.05) is 66.7 Å². The van der Waals surface area contributed by atoms with Crippen LogP contribution in [0.25, 0.3) is 33.4 Å². The molecule has 0 saturated carbocycles. The Hall–Kier alpha value is -4.45. The summed E-state index contributed by atoms with van der Waals surface area (Å²) >= 11 is 0. The number of pyridine rings is 1. The molecule has 4 aromatic rings. The zero-order valence-corrected chi connectivity index (χ0v) is 19.7. The van der Waals surface area contributed by atoms with Crippen molar-refractivity contribution in [2.24, 2.45) is 0 Å². The van der Waals surface area contributed by atoms with Gasteiger partial charge in [0, 0.05) is 34.6 Å². The fraction of sp³-hybridized carbons (Fsp3) is 0.138.